The van der Waals surface area contributed by atoms with Crippen LogP contribution >= 0.6 is 0 Å². The van der Waals surface area contributed by atoms with Crippen LogP contribution in [0, 0.1) is 0 Å². The summed E-state index contributed by atoms with van der Waals surface area (Å²) >= 11 is 0. The van der Waals surface area contributed by atoms with Crippen LogP contribution in [0.2, 0.25) is 0 Å². The summed E-state index contributed by atoms with van der Waals surface area (Å²) in [6, 6.07) is 7.92. The summed E-state index contributed by atoms with van der Waals surface area (Å²) in [5.74, 6) is -1.44. The largest absolute Gasteiger partial charge is 0.479 e. The molecular formula is C16H22O3. The summed E-state index contributed by atoms with van der Waals surface area (Å²) in [4.78, 5) is 11.5. The van der Waals surface area contributed by atoms with Crippen molar-refractivity contribution < 1.29 is 15.0 Å². The summed E-state index contributed by atoms with van der Waals surface area (Å²) in [6.07, 6.45) is 1.83. The number of carbonyl (C=O) groups is 1. The number of rotatable bonds is 3. The molecule has 0 radical (unpaired) electrons. The Labute approximate surface area is 114 Å². The van der Waals surface area contributed by atoms with Crippen molar-refractivity contribution in [1.82, 2.24) is 0 Å². The van der Waals surface area contributed by atoms with Crippen molar-refractivity contribution in [3.05, 3.63) is 35.4 Å². The first-order valence-electron chi connectivity index (χ1n) is 6.88. The van der Waals surface area contributed by atoms with Gasteiger partial charge in [-0.1, -0.05) is 45.0 Å². The van der Waals surface area contributed by atoms with Crippen molar-refractivity contribution >= 4 is 5.97 Å². The zero-order valence-corrected chi connectivity index (χ0v) is 11.8. The number of carboxylic acids is 1. The number of carboxylic acid groups (broad SMARTS) is 1. The lowest BCUT2D eigenvalue weighted by Gasteiger charge is -2.42. The summed E-state index contributed by atoms with van der Waals surface area (Å²) in [6.45, 7) is 6.08. The van der Waals surface area contributed by atoms with Gasteiger partial charge in [0, 0.05) is 5.92 Å². The molecule has 2 N–H and O–H groups in total. The minimum atomic E-state index is -1.66. The van der Waals surface area contributed by atoms with Crippen molar-refractivity contribution in [3.63, 3.8) is 0 Å². The van der Waals surface area contributed by atoms with Gasteiger partial charge in [-0.05, 0) is 35.8 Å². The van der Waals surface area contributed by atoms with Gasteiger partial charge >= 0.3 is 5.97 Å². The molecule has 0 saturated carbocycles. The predicted molar refractivity (Wildman–Crippen MR) is 74.3 cm³/mol. The molecule has 0 heterocycles. The van der Waals surface area contributed by atoms with Gasteiger partial charge in [-0.15, -0.1) is 0 Å². The minimum absolute atomic E-state index is 0.0419. The van der Waals surface area contributed by atoms with E-state index in [-0.39, 0.29) is 17.8 Å². The second-order valence-corrected chi connectivity index (χ2v) is 6.15. The average Bonchev–Trinajstić information content (AvgIpc) is 2.38. The maximum Gasteiger partial charge on any atom is 0.336 e. The van der Waals surface area contributed by atoms with E-state index in [9.17, 15) is 15.0 Å². The molecule has 104 valence electrons. The van der Waals surface area contributed by atoms with Gasteiger partial charge in [-0.25, -0.2) is 4.79 Å². The topological polar surface area (TPSA) is 57.5 Å². The molecule has 3 heteroatoms. The molecular weight excluding hydrogens is 240 g/mol. The molecule has 0 bridgehead atoms. The molecule has 2 atom stereocenters. The number of hydrogen-bond donors (Lipinski definition) is 2. The van der Waals surface area contributed by atoms with Gasteiger partial charge in [0.25, 0.3) is 0 Å². The van der Waals surface area contributed by atoms with Crippen LogP contribution in [0.3, 0.4) is 0 Å². The van der Waals surface area contributed by atoms with Gasteiger partial charge in [0.15, 0.2) is 5.60 Å². The van der Waals surface area contributed by atoms with E-state index in [0.717, 1.165) is 12.0 Å². The molecule has 0 aliphatic heterocycles. The van der Waals surface area contributed by atoms with Crippen LogP contribution in [0.25, 0.3) is 0 Å². The van der Waals surface area contributed by atoms with Gasteiger partial charge in [0.1, 0.15) is 0 Å². The second kappa shape index (κ2) is 4.64. The summed E-state index contributed by atoms with van der Waals surface area (Å²) in [5.41, 5.74) is 0.539. The fraction of sp³-hybridized carbons (Fsp3) is 0.562. The Morgan fingerprint density at radius 3 is 2.63 bits per heavy atom. The van der Waals surface area contributed by atoms with Gasteiger partial charge in [0.05, 0.1) is 0 Å². The molecule has 1 aliphatic rings. The fourth-order valence-electron chi connectivity index (χ4n) is 3.26. The standard InChI is InChI=1S/C16H22O3/c1-4-16(19,14(17)18)13-9-10-15(2,3)12-8-6-5-7-11(12)13/h5-8,13,19H,4,9-10H2,1-3H3,(H,17,18). The molecule has 1 aromatic carbocycles. The Morgan fingerprint density at radius 1 is 1.42 bits per heavy atom. The van der Waals surface area contributed by atoms with E-state index in [2.05, 4.69) is 19.9 Å². The van der Waals surface area contributed by atoms with Crippen LogP contribution in [-0.4, -0.2) is 21.8 Å². The van der Waals surface area contributed by atoms with Crippen LogP contribution in [0.1, 0.15) is 57.1 Å². The van der Waals surface area contributed by atoms with Gasteiger partial charge in [-0.3, -0.25) is 0 Å². The van der Waals surface area contributed by atoms with E-state index in [1.807, 2.05) is 18.2 Å². The molecule has 0 spiro atoms. The quantitative estimate of drug-likeness (QED) is 0.880. The number of benzene rings is 1. The van der Waals surface area contributed by atoms with E-state index in [1.54, 1.807) is 6.92 Å². The third-order valence-electron chi connectivity index (χ3n) is 4.61. The number of aliphatic carboxylic acids is 1. The first-order valence-corrected chi connectivity index (χ1v) is 6.88. The van der Waals surface area contributed by atoms with Gasteiger partial charge in [0.2, 0.25) is 0 Å². The zero-order valence-electron chi connectivity index (χ0n) is 11.8. The van der Waals surface area contributed by atoms with Crippen molar-refractivity contribution in [2.45, 2.75) is 57.0 Å². The molecule has 0 saturated heterocycles. The van der Waals surface area contributed by atoms with E-state index in [1.165, 1.54) is 5.56 Å². The highest BCUT2D eigenvalue weighted by Crippen LogP contribution is 2.47. The highest BCUT2D eigenvalue weighted by atomic mass is 16.4. The molecule has 1 aromatic rings. The highest BCUT2D eigenvalue weighted by Gasteiger charge is 2.47. The first kappa shape index (κ1) is 14.1. The van der Waals surface area contributed by atoms with Crippen LogP contribution in [-0.2, 0) is 10.2 Å². The molecule has 19 heavy (non-hydrogen) atoms. The highest BCUT2D eigenvalue weighted by molar-refractivity contribution is 5.79. The van der Waals surface area contributed by atoms with Crippen molar-refractivity contribution in [3.8, 4) is 0 Å². The van der Waals surface area contributed by atoms with Crippen molar-refractivity contribution in [2.24, 2.45) is 0 Å². The maximum absolute atomic E-state index is 11.5. The Hall–Kier alpha value is -1.35. The Bertz CT molecular complexity index is 493. The third-order valence-corrected chi connectivity index (χ3v) is 4.61. The minimum Gasteiger partial charge on any atom is -0.479 e. The fourth-order valence-corrected chi connectivity index (χ4v) is 3.26. The van der Waals surface area contributed by atoms with E-state index < -0.39 is 11.6 Å². The van der Waals surface area contributed by atoms with Crippen LogP contribution in [0.15, 0.2) is 24.3 Å². The lowest BCUT2D eigenvalue weighted by molar-refractivity contribution is -0.162. The van der Waals surface area contributed by atoms with Crippen molar-refractivity contribution in [2.75, 3.05) is 0 Å². The molecule has 1 aliphatic carbocycles. The lowest BCUT2D eigenvalue weighted by atomic mass is 9.64. The van der Waals surface area contributed by atoms with E-state index in [0.29, 0.717) is 6.42 Å². The van der Waals surface area contributed by atoms with E-state index in [4.69, 9.17) is 0 Å². The molecule has 0 aromatic heterocycles. The Morgan fingerprint density at radius 2 is 2.05 bits per heavy atom. The first-order chi connectivity index (χ1) is 8.83. The average molecular weight is 262 g/mol. The summed E-state index contributed by atoms with van der Waals surface area (Å²) < 4.78 is 0. The molecule has 2 unspecified atom stereocenters. The third kappa shape index (κ3) is 2.16. The van der Waals surface area contributed by atoms with Gasteiger partial charge in [-0.2, -0.15) is 0 Å². The molecule has 0 fully saturated rings. The van der Waals surface area contributed by atoms with Crippen LogP contribution < -0.4 is 0 Å². The summed E-state index contributed by atoms with van der Waals surface area (Å²) in [7, 11) is 0. The molecule has 0 amide bonds. The second-order valence-electron chi connectivity index (χ2n) is 6.15. The Kier molecular flexibility index (Phi) is 3.43. The Balaban J connectivity index is 2.54. The lowest BCUT2D eigenvalue weighted by Crippen LogP contribution is -2.46. The van der Waals surface area contributed by atoms with Crippen LogP contribution in [0.5, 0.6) is 0 Å². The van der Waals surface area contributed by atoms with Crippen LogP contribution in [0.4, 0.5) is 0 Å². The van der Waals surface area contributed by atoms with Gasteiger partial charge < -0.3 is 10.2 Å². The normalized spacial score (nSPS) is 24.3. The maximum atomic E-state index is 11.5. The number of aliphatic hydroxyl groups is 1. The zero-order chi connectivity index (χ0) is 14.3. The monoisotopic (exact) mass is 262 g/mol. The molecule has 3 nitrogen and oxygen atoms in total. The summed E-state index contributed by atoms with van der Waals surface area (Å²) in [5, 5.41) is 19.9. The van der Waals surface area contributed by atoms with E-state index >= 15 is 0 Å². The predicted octanol–water partition coefficient (Wildman–Crippen LogP) is 3.07. The van der Waals surface area contributed by atoms with Crippen molar-refractivity contribution in [1.29, 1.82) is 0 Å². The smallest absolute Gasteiger partial charge is 0.336 e. The number of hydrogen-bond acceptors (Lipinski definition) is 2. The number of fused-ring (bicyclic) bond motifs is 1. The molecule has 2 rings (SSSR count). The SMILES string of the molecule is CCC(O)(C(=O)O)C1CCC(C)(C)c2ccccc21.